The third-order valence-electron chi connectivity index (χ3n) is 11.5. The molecule has 4 heterocycles. The van der Waals surface area contributed by atoms with Crippen LogP contribution < -0.4 is 14.4 Å². The van der Waals surface area contributed by atoms with Crippen LogP contribution in [0.15, 0.2) is 41.3 Å². The van der Waals surface area contributed by atoms with E-state index >= 15 is 0 Å². The maximum atomic E-state index is 13.5. The van der Waals surface area contributed by atoms with E-state index in [4.69, 9.17) is 16.3 Å². The van der Waals surface area contributed by atoms with Crippen LogP contribution in [0.25, 0.3) is 0 Å². The van der Waals surface area contributed by atoms with Crippen LogP contribution in [0.4, 0.5) is 5.69 Å². The zero-order valence-electron chi connectivity index (χ0n) is 24.9. The van der Waals surface area contributed by atoms with Gasteiger partial charge in [0.1, 0.15) is 5.75 Å². The summed E-state index contributed by atoms with van der Waals surface area (Å²) in [7, 11) is -4.14. The van der Waals surface area contributed by atoms with E-state index in [0.717, 1.165) is 68.6 Å². The highest BCUT2D eigenvalue weighted by atomic mass is 35.5. The molecule has 3 saturated carbocycles. The minimum Gasteiger partial charge on any atom is -0.490 e. The average molecular weight is 639 g/mol. The molecule has 4 aliphatic carbocycles. The van der Waals surface area contributed by atoms with Crippen molar-refractivity contribution in [1.82, 2.24) is 14.5 Å². The molecule has 44 heavy (non-hydrogen) atoms. The van der Waals surface area contributed by atoms with E-state index in [1.54, 1.807) is 12.1 Å². The predicted octanol–water partition coefficient (Wildman–Crippen LogP) is 3.58. The Labute approximate surface area is 263 Å². The number of nitrogens with zero attached hydrogens (tertiary/aromatic N) is 3. The third kappa shape index (κ3) is 4.70. The fourth-order valence-corrected chi connectivity index (χ4v) is 10.3. The summed E-state index contributed by atoms with van der Waals surface area (Å²) < 4.78 is 35.7. The molecule has 2 spiro atoms. The van der Waals surface area contributed by atoms with Gasteiger partial charge >= 0.3 is 0 Å². The number of anilines is 1. The smallest absolute Gasteiger partial charge is 0.264 e. The first-order chi connectivity index (χ1) is 21.1. The van der Waals surface area contributed by atoms with Crippen LogP contribution in [0.3, 0.4) is 0 Å². The molecule has 2 amide bonds. The predicted molar refractivity (Wildman–Crippen MR) is 166 cm³/mol. The molecule has 2 atom stereocenters. The first-order valence-electron chi connectivity index (χ1n) is 16.0. The fraction of sp³-hybridized carbons (Fsp3) is 0.576. The normalized spacial score (nSPS) is 33.0. The van der Waals surface area contributed by atoms with Gasteiger partial charge in [0, 0.05) is 69.1 Å². The van der Waals surface area contributed by atoms with Crippen molar-refractivity contribution in [2.45, 2.75) is 55.3 Å². The minimum atomic E-state index is -4.14. The highest BCUT2D eigenvalue weighted by Crippen LogP contribution is 2.69. The molecule has 1 N–H and O–H groups in total. The summed E-state index contributed by atoms with van der Waals surface area (Å²) in [6.45, 7) is 6.06. The van der Waals surface area contributed by atoms with Gasteiger partial charge in [0.2, 0.25) is 11.8 Å². The second kappa shape index (κ2) is 10.4. The molecule has 0 aromatic heterocycles. The lowest BCUT2D eigenvalue weighted by atomic mass is 9.37. The summed E-state index contributed by atoms with van der Waals surface area (Å²) >= 11 is 6.43. The summed E-state index contributed by atoms with van der Waals surface area (Å²) in [5.74, 6) is 1.23. The van der Waals surface area contributed by atoms with Crippen molar-refractivity contribution in [3.63, 3.8) is 0 Å². The molecule has 4 aliphatic heterocycles. The Bertz CT molecular complexity index is 1630. The Morgan fingerprint density at radius 1 is 0.932 bits per heavy atom. The summed E-state index contributed by atoms with van der Waals surface area (Å²) in [5.41, 5.74) is 3.25. The van der Waals surface area contributed by atoms with Crippen LogP contribution in [0.2, 0.25) is 5.02 Å². The van der Waals surface area contributed by atoms with Crippen molar-refractivity contribution < 1.29 is 22.7 Å². The van der Waals surface area contributed by atoms with Crippen molar-refractivity contribution in [2.24, 2.45) is 17.3 Å². The number of fused-ring (bicyclic) bond motifs is 9. The van der Waals surface area contributed by atoms with Crippen LogP contribution in [-0.2, 0) is 31.4 Å². The Balaban J connectivity index is 1.19. The Morgan fingerprint density at radius 2 is 1.75 bits per heavy atom. The number of carbonyl (C=O) groups excluding carboxylic acids is 2. The van der Waals surface area contributed by atoms with Gasteiger partial charge in [-0.25, -0.2) is 13.1 Å². The Hall–Kier alpha value is -2.82. The molecule has 0 radical (unpaired) electrons. The number of halogens is 1. The number of benzene rings is 2. The maximum Gasteiger partial charge on any atom is 0.264 e. The molecule has 2 aromatic carbocycles. The third-order valence-corrected chi connectivity index (χ3v) is 13.1. The number of carbonyl (C=O) groups is 2. The van der Waals surface area contributed by atoms with Gasteiger partial charge < -0.3 is 14.5 Å². The van der Waals surface area contributed by atoms with Crippen LogP contribution in [0.5, 0.6) is 5.75 Å². The van der Waals surface area contributed by atoms with Crippen molar-refractivity contribution in [3.05, 3.63) is 52.5 Å². The SMILES string of the molecule is O=C1CCC(=O)N2CCN(CC2)C[C@@H]2C3CC2(C3)CN2C[C@@]3(CCCc4cc(Cl)ccc43)COc3ccc(cc32)S(=O)(=O)N1. The number of ether oxygens (including phenoxy) is 1. The molecular formula is C33H39ClN4O5S. The lowest BCUT2D eigenvalue weighted by molar-refractivity contribution is -0.193. The van der Waals surface area contributed by atoms with Crippen LogP contribution >= 0.6 is 11.6 Å². The lowest BCUT2D eigenvalue weighted by Crippen LogP contribution is -2.69. The monoisotopic (exact) mass is 638 g/mol. The second-order valence-corrected chi connectivity index (χ2v) is 16.2. The summed E-state index contributed by atoms with van der Waals surface area (Å²) in [5, 5.41) is 0.744. The van der Waals surface area contributed by atoms with Gasteiger partial charge in [0.05, 0.1) is 17.2 Å². The van der Waals surface area contributed by atoms with Gasteiger partial charge in [-0.05, 0) is 90.8 Å². The molecule has 234 valence electrons. The van der Waals surface area contributed by atoms with Crippen LogP contribution in [-0.4, -0.2) is 82.5 Å². The molecule has 9 nitrogen and oxygen atoms in total. The summed E-state index contributed by atoms with van der Waals surface area (Å²) in [4.78, 5) is 32.3. The minimum absolute atomic E-state index is 0.00423. The van der Waals surface area contributed by atoms with Crippen molar-refractivity contribution >= 4 is 39.1 Å². The van der Waals surface area contributed by atoms with Crippen LogP contribution in [0.1, 0.15) is 49.7 Å². The molecule has 4 fully saturated rings. The molecule has 11 heteroatoms. The van der Waals surface area contributed by atoms with E-state index in [-0.39, 0.29) is 34.5 Å². The first kappa shape index (κ1) is 28.6. The van der Waals surface area contributed by atoms with Crippen LogP contribution in [0, 0.1) is 17.3 Å². The van der Waals surface area contributed by atoms with Crippen molar-refractivity contribution in [2.75, 3.05) is 57.3 Å². The number of amides is 2. The van der Waals surface area contributed by atoms with E-state index < -0.39 is 15.9 Å². The van der Waals surface area contributed by atoms with E-state index in [0.29, 0.717) is 31.4 Å². The molecule has 6 bridgehead atoms. The summed E-state index contributed by atoms with van der Waals surface area (Å²) in [6.07, 6.45) is 5.21. The number of sulfonamides is 1. The standard InChI is InChI=1S/C33H39ClN4O5S/c34-24-3-5-26-22(14-24)2-1-9-32(26)19-38-20-33-16-23(17-33)27(33)18-36-10-12-37(13-11-36)31(40)8-7-30(39)35-44(41,42)25-4-6-29(43-21-32)28(38)15-25/h3-6,14-15,23,27H,1-2,7-13,16-21H2,(H,35,39)/t23?,27-,32+,33?/m1/s1. The molecule has 10 rings (SSSR count). The van der Waals surface area contributed by atoms with Gasteiger partial charge in [-0.3, -0.25) is 14.5 Å². The molecule has 8 aliphatic rings. The summed E-state index contributed by atoms with van der Waals surface area (Å²) in [6, 6.07) is 11.2. The number of nitrogens with one attached hydrogen (secondary N) is 1. The molecule has 1 saturated heterocycles. The molecular weight excluding hydrogens is 600 g/mol. The van der Waals surface area contributed by atoms with E-state index in [2.05, 4.69) is 26.7 Å². The fourth-order valence-electron chi connectivity index (χ4n) is 9.06. The highest BCUT2D eigenvalue weighted by molar-refractivity contribution is 7.90. The second-order valence-electron chi connectivity index (χ2n) is 14.1. The van der Waals surface area contributed by atoms with E-state index in [1.165, 1.54) is 30.0 Å². The highest BCUT2D eigenvalue weighted by Gasteiger charge is 2.65. The number of hydrogen-bond acceptors (Lipinski definition) is 7. The Morgan fingerprint density at radius 3 is 2.52 bits per heavy atom. The average Bonchev–Trinajstić information content (AvgIpc) is 3.13. The lowest BCUT2D eigenvalue weighted by Gasteiger charge is -2.70. The van der Waals surface area contributed by atoms with E-state index in [1.807, 2.05) is 11.0 Å². The largest absolute Gasteiger partial charge is 0.490 e. The number of piperazine rings is 1. The van der Waals surface area contributed by atoms with Crippen molar-refractivity contribution in [3.8, 4) is 5.75 Å². The number of rotatable bonds is 0. The van der Waals surface area contributed by atoms with Gasteiger partial charge in [-0.2, -0.15) is 0 Å². The van der Waals surface area contributed by atoms with Gasteiger partial charge in [-0.1, -0.05) is 17.7 Å². The topological polar surface area (TPSA) is 99.3 Å². The Kier molecular flexibility index (Phi) is 6.74. The first-order valence-corrected chi connectivity index (χ1v) is 17.9. The molecule has 2 aromatic rings. The number of hydrogen-bond donors (Lipinski definition) is 1. The molecule has 0 unspecified atom stereocenters. The maximum absolute atomic E-state index is 13.5. The zero-order chi connectivity index (χ0) is 30.3. The van der Waals surface area contributed by atoms with Crippen molar-refractivity contribution in [1.29, 1.82) is 0 Å². The number of aryl methyl sites for hydroxylation is 1. The quantitative estimate of drug-likeness (QED) is 0.471. The van der Waals surface area contributed by atoms with Gasteiger partial charge in [0.15, 0.2) is 0 Å². The zero-order valence-corrected chi connectivity index (χ0v) is 26.5. The van der Waals surface area contributed by atoms with Gasteiger partial charge in [-0.15, -0.1) is 0 Å². The van der Waals surface area contributed by atoms with E-state index in [9.17, 15) is 18.0 Å². The van der Waals surface area contributed by atoms with Gasteiger partial charge in [0.25, 0.3) is 10.0 Å².